The van der Waals surface area contributed by atoms with Crippen LogP contribution >= 0.6 is 46.6 Å². The maximum atomic E-state index is 13.7. The Balaban J connectivity index is 1.66. The number of rotatable bonds is 14. The molecule has 13 nitrogen and oxygen atoms in total. The number of Topliss-reactive ketones (excluding diaryl/α,β-unsaturated/α-hetero) is 1. The minimum Gasteiger partial charge on any atom is -0.478 e. The van der Waals surface area contributed by atoms with E-state index in [9.17, 15) is 45.4 Å². The van der Waals surface area contributed by atoms with Crippen LogP contribution in [-0.4, -0.2) is 66.5 Å². The number of fused-ring (bicyclic) bond motifs is 4. The molecule has 2 aliphatic heterocycles. The number of benzene rings is 3. The number of aromatic carboxylic acids is 1. The molecule has 63 heavy (non-hydrogen) atoms. The highest BCUT2D eigenvalue weighted by Crippen LogP contribution is 2.54. The van der Waals surface area contributed by atoms with Crippen LogP contribution < -0.4 is 25.8 Å². The Kier molecular flexibility index (Phi) is 13.9. The van der Waals surface area contributed by atoms with Crippen molar-refractivity contribution in [1.29, 1.82) is 0 Å². The quantitative estimate of drug-likeness (QED) is 0.0345. The fraction of sp³-hybridized carbons (Fsp3) is 0.477. The fourth-order valence-corrected chi connectivity index (χ4v) is 12.8. The number of anilines is 1. The molecule has 1 amide bonds. The summed E-state index contributed by atoms with van der Waals surface area (Å²) < 4.78 is 83.1. The Morgan fingerprint density at radius 2 is 1.52 bits per heavy atom. The predicted octanol–water partition coefficient (Wildman–Crippen LogP) is 9.20. The van der Waals surface area contributed by atoms with Crippen molar-refractivity contribution in [2.24, 2.45) is 11.3 Å². The number of carbonyl (C=O) groups excluding carboxylic acids is 2. The summed E-state index contributed by atoms with van der Waals surface area (Å²) >= 11 is 21.7. The number of carboxylic acids is 1. The lowest BCUT2D eigenvalue weighted by atomic mass is 9.74. The Labute approximate surface area is 386 Å². The molecule has 0 saturated carbocycles. The van der Waals surface area contributed by atoms with Crippen LogP contribution in [0, 0.1) is 11.3 Å². The Morgan fingerprint density at radius 3 is 2.13 bits per heavy atom. The first-order valence-corrected chi connectivity index (χ1v) is 25.5. The van der Waals surface area contributed by atoms with E-state index >= 15 is 0 Å². The van der Waals surface area contributed by atoms with Crippen LogP contribution in [0.4, 0.5) is 5.69 Å². The van der Waals surface area contributed by atoms with Gasteiger partial charge in [-0.25, -0.2) is 4.79 Å². The first kappa shape index (κ1) is 49.1. The molecule has 0 bridgehead atoms. The van der Waals surface area contributed by atoms with E-state index in [0.717, 1.165) is 18.2 Å². The summed E-state index contributed by atoms with van der Waals surface area (Å²) in [5.74, 6) is -3.93. The van der Waals surface area contributed by atoms with E-state index in [4.69, 9.17) is 39.5 Å². The Bertz CT molecular complexity index is 2820. The first-order chi connectivity index (χ1) is 29.1. The maximum absolute atomic E-state index is 13.7. The van der Waals surface area contributed by atoms with Crippen molar-refractivity contribution < 1.29 is 50.2 Å². The molecule has 0 radical (unpaired) electrons. The molecular weight excluding hydrogens is 935 g/mol. The zero-order valence-electron chi connectivity index (χ0n) is 36.1. The summed E-state index contributed by atoms with van der Waals surface area (Å²) in [6, 6.07) is 3.19. The molecule has 3 aromatic carbocycles. The number of hydrogen-bond donors (Lipinski definition) is 5. The summed E-state index contributed by atoms with van der Waals surface area (Å²) in [7, 11) is -10.5. The van der Waals surface area contributed by atoms with Gasteiger partial charge in [0.1, 0.15) is 10.7 Å². The molecular formula is C44H51Cl3N2O11S3. The van der Waals surface area contributed by atoms with Crippen molar-refractivity contribution in [3.8, 4) is 11.5 Å². The van der Waals surface area contributed by atoms with Gasteiger partial charge in [0.25, 0.3) is 20.2 Å². The van der Waals surface area contributed by atoms with Gasteiger partial charge in [-0.1, -0.05) is 88.8 Å². The molecule has 19 heteroatoms. The standard InChI is InChI=1S/C44H51Cl3N2O11S3/c1-20(2)28(50)12-10-9-11-13-48-29(51)19-61-39-34(46)31(32(42(52)53)33(45)35(39)47)30-25-14-23-21(3)16-43(5,6)18-27(23)40(62(54,55)56)37(25)60-38-26(30)15-24-22(4)17-44(7,8)49-36(24)41(38)63(57,58)59/h14-15,18,20-22,49H,9-13,16-17,19H2,1-8H3,(H,48,51)(H,52,53)(H,54,55,56)(H,57,58,59). The average Bonchev–Trinajstić information content (AvgIpc) is 3.13. The van der Waals surface area contributed by atoms with Crippen LogP contribution in [0.1, 0.15) is 138 Å². The summed E-state index contributed by atoms with van der Waals surface area (Å²) in [6.07, 6.45) is 5.20. The molecule has 1 aliphatic carbocycles. The molecule has 0 saturated heterocycles. The summed E-state index contributed by atoms with van der Waals surface area (Å²) in [4.78, 5) is 37.0. The first-order valence-electron chi connectivity index (χ1n) is 20.5. The number of nitrogens with one attached hydrogen (secondary N) is 2. The highest BCUT2D eigenvalue weighted by atomic mass is 35.5. The molecule has 0 aromatic heterocycles. The molecule has 5 N–H and O–H groups in total. The largest absolute Gasteiger partial charge is 0.478 e. The van der Waals surface area contributed by atoms with Gasteiger partial charge in [-0.05, 0) is 85.3 Å². The Hall–Kier alpha value is -3.35. The summed E-state index contributed by atoms with van der Waals surface area (Å²) in [5.41, 5.74) is -1.59. The van der Waals surface area contributed by atoms with Gasteiger partial charge in [0, 0.05) is 51.2 Å². The van der Waals surface area contributed by atoms with Gasteiger partial charge >= 0.3 is 5.97 Å². The second-order valence-electron chi connectivity index (χ2n) is 18.3. The van der Waals surface area contributed by atoms with Gasteiger partial charge in [0.05, 0.1) is 32.1 Å². The highest BCUT2D eigenvalue weighted by molar-refractivity contribution is 8.00. The lowest BCUT2D eigenvalue weighted by Gasteiger charge is -2.40. The minimum atomic E-state index is -5.24. The van der Waals surface area contributed by atoms with Gasteiger partial charge in [-0.3, -0.25) is 18.7 Å². The van der Waals surface area contributed by atoms with Crippen molar-refractivity contribution in [3.63, 3.8) is 0 Å². The molecule has 6 rings (SSSR count). The number of unbranched alkanes of at least 4 members (excludes halogenated alkanes) is 2. The molecule has 2 heterocycles. The lowest BCUT2D eigenvalue weighted by Crippen LogP contribution is -2.38. The van der Waals surface area contributed by atoms with E-state index in [1.165, 1.54) is 0 Å². The van der Waals surface area contributed by atoms with Crippen LogP contribution in [0.15, 0.2) is 26.8 Å². The second kappa shape index (κ2) is 17.8. The second-order valence-corrected chi connectivity index (χ2v) is 23.1. The van der Waals surface area contributed by atoms with E-state index in [2.05, 4.69) is 10.6 Å². The van der Waals surface area contributed by atoms with Crippen molar-refractivity contribution in [2.45, 2.75) is 126 Å². The van der Waals surface area contributed by atoms with Gasteiger partial charge in [0.15, 0.2) is 16.4 Å². The van der Waals surface area contributed by atoms with E-state index in [-0.39, 0.29) is 77.1 Å². The molecule has 0 fully saturated rings. The number of ketones is 1. The molecule has 2 unspecified atom stereocenters. The van der Waals surface area contributed by atoms with Gasteiger partial charge < -0.3 is 20.5 Å². The predicted molar refractivity (Wildman–Crippen MR) is 246 cm³/mol. The maximum Gasteiger partial charge on any atom is 0.337 e. The number of amides is 1. The van der Waals surface area contributed by atoms with E-state index in [1.54, 1.807) is 18.2 Å². The van der Waals surface area contributed by atoms with Crippen LogP contribution in [0.25, 0.3) is 11.6 Å². The van der Waals surface area contributed by atoms with Crippen molar-refractivity contribution >= 4 is 102 Å². The number of carbonyl (C=O) groups is 3. The average molecular weight is 986 g/mol. The third-order valence-corrected chi connectivity index (χ3v) is 16.1. The highest BCUT2D eigenvalue weighted by Gasteiger charge is 2.43. The van der Waals surface area contributed by atoms with Crippen molar-refractivity contribution in [1.82, 2.24) is 5.32 Å². The van der Waals surface area contributed by atoms with Crippen LogP contribution in [0.3, 0.4) is 0 Å². The van der Waals surface area contributed by atoms with Gasteiger partial charge in [-0.15, -0.1) is 11.8 Å². The third-order valence-electron chi connectivity index (χ3n) is 11.7. The monoisotopic (exact) mass is 984 g/mol. The van der Waals surface area contributed by atoms with Gasteiger partial charge in [-0.2, -0.15) is 16.8 Å². The molecule has 3 aromatic rings. The molecule has 0 spiro atoms. The minimum absolute atomic E-state index is 0.00562. The Morgan fingerprint density at radius 1 is 0.889 bits per heavy atom. The molecule has 3 aliphatic rings. The number of ether oxygens (including phenoxy) is 1. The third kappa shape index (κ3) is 9.79. The molecule has 342 valence electrons. The van der Waals surface area contributed by atoms with Crippen molar-refractivity contribution in [3.05, 3.63) is 65.5 Å². The van der Waals surface area contributed by atoms with Crippen LogP contribution in [0.5, 0.6) is 11.5 Å². The lowest BCUT2D eigenvalue weighted by molar-refractivity contribution is -0.122. The number of halogens is 3. The number of thioether (sulfide) groups is 1. The van der Waals surface area contributed by atoms with Crippen LogP contribution in [0.2, 0.25) is 15.1 Å². The number of hydrogen-bond acceptors (Lipinski definition) is 10. The number of carboxylic acid groups (broad SMARTS) is 1. The zero-order chi connectivity index (χ0) is 46.9. The van der Waals surface area contributed by atoms with Gasteiger partial charge in [0.2, 0.25) is 5.91 Å². The summed E-state index contributed by atoms with van der Waals surface area (Å²) in [5, 5.41) is 15.8. The SMILES string of the molecule is CC(C)C(=O)CCCCCNC(=O)CSc1c(Cl)c(Cl)c(C(=O)O)c(C2=c3cc4c(c(S(=O)(=O)O)c3Oc3c2cc2c(c3S(=O)(=O)O)NC(C)(C)CC2C)=CC(C)(C)CC4C)c1Cl. The van der Waals surface area contributed by atoms with Crippen LogP contribution in [-0.2, 0) is 29.8 Å². The van der Waals surface area contributed by atoms with E-state index < -0.39 is 74.9 Å². The van der Waals surface area contributed by atoms with Crippen molar-refractivity contribution in [2.75, 3.05) is 17.6 Å². The van der Waals surface area contributed by atoms with E-state index in [0.29, 0.717) is 49.8 Å². The zero-order valence-corrected chi connectivity index (χ0v) is 40.8. The smallest absolute Gasteiger partial charge is 0.337 e. The summed E-state index contributed by atoms with van der Waals surface area (Å²) in [6.45, 7) is 15.2. The fourth-order valence-electron chi connectivity index (χ4n) is 9.12. The molecule has 2 atom stereocenters. The topological polar surface area (TPSA) is 213 Å². The van der Waals surface area contributed by atoms with E-state index in [1.807, 2.05) is 55.4 Å². The normalized spacial score (nSPS) is 18.5.